The Hall–Kier alpha value is -5.00. The molecule has 10 N–H and O–H groups in total. The van der Waals surface area contributed by atoms with Crippen molar-refractivity contribution in [2.75, 3.05) is 26.7 Å². The maximum Gasteiger partial charge on any atom is 0.160 e. The number of carbonyl (C=O) groups is 2. The zero-order chi connectivity index (χ0) is 49.3. The molecule has 0 aromatic heterocycles. The number of phenols is 1. The molecule has 5 fully saturated rings. The number of aliphatic hydroxyl groups excluding tert-OH is 3. The Labute approximate surface area is 417 Å². The van der Waals surface area contributed by atoms with Gasteiger partial charge in [0.2, 0.25) is 0 Å². The average molecular weight is 965 g/mol. The van der Waals surface area contributed by atoms with E-state index in [0.29, 0.717) is 86.4 Å². The van der Waals surface area contributed by atoms with Crippen molar-refractivity contribution in [3.63, 3.8) is 0 Å². The number of carbonyl (C=O) groups excluding carboxylic acids is 2. The summed E-state index contributed by atoms with van der Waals surface area (Å²) in [4.78, 5) is 27.8. The van der Waals surface area contributed by atoms with Gasteiger partial charge >= 0.3 is 0 Å². The van der Waals surface area contributed by atoms with Crippen molar-refractivity contribution in [1.29, 1.82) is 0 Å². The van der Waals surface area contributed by atoms with Crippen LogP contribution in [-0.4, -0.2) is 99.8 Å². The van der Waals surface area contributed by atoms with Gasteiger partial charge in [0.1, 0.15) is 11.2 Å². The summed E-state index contributed by atoms with van der Waals surface area (Å²) in [5.41, 5.74) is 7.27. The summed E-state index contributed by atoms with van der Waals surface area (Å²) >= 11 is 0. The molecule has 1 saturated heterocycles. The van der Waals surface area contributed by atoms with Crippen LogP contribution in [0.3, 0.4) is 0 Å². The number of phenolic OH excluding ortho intramolecular Hbond substituents is 1. The number of ketones is 2. The molecule has 71 heavy (non-hydrogen) atoms. The van der Waals surface area contributed by atoms with Gasteiger partial charge in [-0.3, -0.25) is 9.59 Å². The predicted octanol–water partition coefficient (Wildman–Crippen LogP) is 5.65. The molecule has 0 radical (unpaired) electrons. The lowest BCUT2D eigenvalue weighted by atomic mass is 9.41. The van der Waals surface area contributed by atoms with Gasteiger partial charge in [0.15, 0.2) is 17.3 Å². The number of Topliss-reactive ketones (excluding diaryl/α,β-unsaturated/α-hetero) is 2. The molecule has 376 valence electrons. The van der Waals surface area contributed by atoms with Crippen LogP contribution < -0.4 is 26.4 Å². The second-order valence-electron chi connectivity index (χ2n) is 22.7. The molecule has 0 amide bonds. The molecule has 4 saturated carbocycles. The van der Waals surface area contributed by atoms with E-state index < -0.39 is 35.2 Å². The summed E-state index contributed by atoms with van der Waals surface area (Å²) in [7, 11) is 1.48. The molecule has 12 heteroatoms. The topological polar surface area (TPSA) is 207 Å². The number of allylic oxidation sites excluding steroid dienone is 2. The molecule has 2 heterocycles. The molecule has 3 aromatic carbocycles. The van der Waals surface area contributed by atoms with Crippen LogP contribution >= 0.6 is 0 Å². The number of aryl methyl sites for hydroxylation is 1. The summed E-state index contributed by atoms with van der Waals surface area (Å²) in [6, 6.07) is 18.0. The standard InChI is InChI=1S/C59H72N4O8/c1-3-61-45-14-18-59(70)30-39-21-41(64)27-46-54(39)55-40(31-63-46)22-44(56(45)57(55)59)37-13-17-58(52(69)25-37)16-12-36(43-29-49(67)50(71-2)24-35(43)10-11-51(58)68)23-47(65)48(66)28-42(38-15-19-62-53(60)26-38)34-9-8-32-6-4-5-7-33(32)20-34/h4-9,14-15,18,20,24,26,29,36-37,39-40,42,44-48,52,54-57,61-63,65-67,69-70H,3,10-11,13,17,19,21-23,25,27-28,30-31,60H2,1-2H3. The van der Waals surface area contributed by atoms with E-state index in [1.54, 1.807) is 12.1 Å². The molecular weight excluding hydrogens is 893 g/mol. The Balaban J connectivity index is 0.887. The molecule has 3 aromatic rings. The summed E-state index contributed by atoms with van der Waals surface area (Å²) in [5, 5.41) is 73.7. The number of aliphatic hydroxyl groups is 4. The summed E-state index contributed by atoms with van der Waals surface area (Å²) in [5.74, 6) is 8.33. The van der Waals surface area contributed by atoms with E-state index >= 15 is 0 Å². The van der Waals surface area contributed by atoms with Crippen LogP contribution in [0.1, 0.15) is 99.7 Å². The number of ether oxygens (including phenoxy) is 1. The van der Waals surface area contributed by atoms with Crippen molar-refractivity contribution in [1.82, 2.24) is 16.0 Å². The number of dihydropyridines is 1. The van der Waals surface area contributed by atoms with Crippen molar-refractivity contribution in [2.45, 2.75) is 125 Å². The predicted molar refractivity (Wildman–Crippen MR) is 272 cm³/mol. The Morgan fingerprint density at radius 1 is 0.972 bits per heavy atom. The van der Waals surface area contributed by atoms with E-state index in [9.17, 15) is 35.1 Å². The van der Waals surface area contributed by atoms with Gasteiger partial charge in [0, 0.05) is 49.7 Å². The van der Waals surface area contributed by atoms with Gasteiger partial charge in [-0.2, -0.15) is 0 Å². The fraction of sp³-hybridized carbons (Fsp3) is 0.559. The number of benzene rings is 3. The third kappa shape index (κ3) is 8.62. The zero-order valence-corrected chi connectivity index (χ0v) is 41.1. The van der Waals surface area contributed by atoms with Gasteiger partial charge in [-0.05, 0) is 163 Å². The van der Waals surface area contributed by atoms with Crippen LogP contribution in [0.2, 0.25) is 0 Å². The summed E-state index contributed by atoms with van der Waals surface area (Å²) in [6.07, 6.45) is 9.50. The largest absolute Gasteiger partial charge is 0.504 e. The van der Waals surface area contributed by atoms with E-state index in [1.165, 1.54) is 7.11 Å². The normalized spacial score (nSPS) is 37.3. The Bertz CT molecular complexity index is 2720. The number of hydrogen-bond acceptors (Lipinski definition) is 12. The van der Waals surface area contributed by atoms with Gasteiger partial charge in [0.05, 0.1) is 36.8 Å². The van der Waals surface area contributed by atoms with Gasteiger partial charge in [-0.15, -0.1) is 0 Å². The third-order valence-electron chi connectivity index (χ3n) is 19.0. The van der Waals surface area contributed by atoms with E-state index in [-0.39, 0.29) is 84.1 Å². The first-order valence-corrected chi connectivity index (χ1v) is 26.6. The highest BCUT2D eigenvalue weighted by Gasteiger charge is 2.66. The van der Waals surface area contributed by atoms with Gasteiger partial charge in [0.25, 0.3) is 0 Å². The van der Waals surface area contributed by atoms with Crippen LogP contribution in [0.4, 0.5) is 0 Å². The second-order valence-corrected chi connectivity index (χ2v) is 22.7. The summed E-state index contributed by atoms with van der Waals surface area (Å²) in [6.45, 7) is 4.27. The molecule has 17 unspecified atom stereocenters. The smallest absolute Gasteiger partial charge is 0.160 e. The first-order valence-electron chi connectivity index (χ1n) is 26.6. The van der Waals surface area contributed by atoms with Crippen LogP contribution in [0.5, 0.6) is 11.5 Å². The van der Waals surface area contributed by atoms with Gasteiger partial charge in [-0.25, -0.2) is 0 Å². The van der Waals surface area contributed by atoms with Crippen LogP contribution in [0.15, 0.2) is 90.3 Å². The number of rotatable bonds is 11. The second kappa shape index (κ2) is 19.1. The van der Waals surface area contributed by atoms with Crippen molar-refractivity contribution < 1.29 is 39.9 Å². The molecule has 2 aliphatic heterocycles. The fourth-order valence-electron chi connectivity index (χ4n) is 15.9. The first kappa shape index (κ1) is 48.3. The van der Waals surface area contributed by atoms with Crippen molar-refractivity contribution in [2.24, 2.45) is 58.5 Å². The number of methoxy groups -OCH3 is 1. The zero-order valence-electron chi connectivity index (χ0n) is 41.1. The summed E-state index contributed by atoms with van der Waals surface area (Å²) < 4.78 is 5.54. The monoisotopic (exact) mass is 965 g/mol. The maximum atomic E-state index is 14.8. The molecule has 0 bridgehead atoms. The Kier molecular flexibility index (Phi) is 13.0. The highest BCUT2D eigenvalue weighted by molar-refractivity contribution is 5.89. The van der Waals surface area contributed by atoms with Crippen molar-refractivity contribution in [3.8, 4) is 23.3 Å². The van der Waals surface area contributed by atoms with Crippen molar-refractivity contribution >= 4 is 22.3 Å². The number of aromatic hydroxyl groups is 1. The molecule has 8 aliphatic rings. The van der Waals surface area contributed by atoms with E-state index in [0.717, 1.165) is 47.0 Å². The van der Waals surface area contributed by atoms with Gasteiger partial charge in [-0.1, -0.05) is 79.5 Å². The lowest BCUT2D eigenvalue weighted by Gasteiger charge is -2.67. The number of piperidine rings is 1. The van der Waals surface area contributed by atoms with Crippen LogP contribution in [0, 0.1) is 64.6 Å². The van der Waals surface area contributed by atoms with Crippen molar-refractivity contribution in [3.05, 3.63) is 107 Å². The molecule has 6 aliphatic carbocycles. The minimum absolute atomic E-state index is 0.0137. The number of nitrogens with two attached hydrogens (primary N) is 1. The lowest BCUT2D eigenvalue weighted by molar-refractivity contribution is -0.198. The van der Waals surface area contributed by atoms with E-state index in [1.807, 2.05) is 18.2 Å². The van der Waals surface area contributed by atoms with E-state index in [2.05, 4.69) is 83.3 Å². The SMILES string of the molecule is CCNC1C=CC2(O)CC3CC(=O)CC4NCC5CC(C6CCC7(C#CC(CC(O)C(O)CC(C8=CCNC(N)=C8)c8ccc9ccccc9c8)c8cc(O)c(OC)cc8CCC7=O)C(O)C6)C1C2C5C34. The Morgan fingerprint density at radius 3 is 2.59 bits per heavy atom. The minimum atomic E-state index is -1.35. The molecule has 11 rings (SSSR count). The molecule has 1 spiro atoms. The fourth-order valence-corrected chi connectivity index (χ4v) is 15.9. The third-order valence-corrected chi connectivity index (χ3v) is 19.0. The number of hydrogen-bond donors (Lipinski definition) is 9. The van der Waals surface area contributed by atoms with Crippen LogP contribution in [-0.2, 0) is 16.0 Å². The molecule has 12 nitrogen and oxygen atoms in total. The minimum Gasteiger partial charge on any atom is -0.504 e. The lowest BCUT2D eigenvalue weighted by Crippen LogP contribution is -2.71. The first-order chi connectivity index (χ1) is 34.3. The van der Waals surface area contributed by atoms with Gasteiger partial charge < -0.3 is 52.0 Å². The van der Waals surface area contributed by atoms with E-state index in [4.69, 9.17) is 10.5 Å². The number of likely N-dealkylation sites (N-methyl/N-ethyl adjacent to an activating group) is 1. The molecule has 17 atom stereocenters. The average Bonchev–Trinajstić information content (AvgIpc) is 3.41. The quantitative estimate of drug-likeness (QED) is 0.0845. The maximum absolute atomic E-state index is 14.8. The Morgan fingerprint density at radius 2 is 1.80 bits per heavy atom. The highest BCUT2D eigenvalue weighted by atomic mass is 16.5. The number of fused-ring (bicyclic) bond motifs is 2. The van der Waals surface area contributed by atoms with Crippen LogP contribution in [0.25, 0.3) is 10.8 Å². The molecular formula is C59H72N4O8. The highest BCUT2D eigenvalue weighted by Crippen LogP contribution is 2.64. The number of nitrogens with one attached hydrogen (secondary N) is 3.